The van der Waals surface area contributed by atoms with Gasteiger partial charge < -0.3 is 15.2 Å². The maximum absolute atomic E-state index is 12.7. The minimum Gasteiger partial charge on any atom is -0.541 e. The van der Waals surface area contributed by atoms with E-state index in [-0.39, 0.29) is 18.4 Å². The summed E-state index contributed by atoms with van der Waals surface area (Å²) in [6, 6.07) is -1.35. The number of carbonyl (C=O) groups is 1. The van der Waals surface area contributed by atoms with Gasteiger partial charge in [-0.15, -0.1) is 5.10 Å². The number of nitrogens with zero attached hydrogens (tertiary/aromatic N) is 3. The van der Waals surface area contributed by atoms with Crippen molar-refractivity contribution in [3.8, 4) is 0 Å². The summed E-state index contributed by atoms with van der Waals surface area (Å²) in [4.78, 5) is 14.1. The van der Waals surface area contributed by atoms with Crippen LogP contribution in [0.3, 0.4) is 0 Å². The maximum atomic E-state index is 12.7. The van der Waals surface area contributed by atoms with Crippen LogP contribution in [0, 0.1) is 0 Å². The van der Waals surface area contributed by atoms with E-state index in [0.717, 1.165) is 4.68 Å². The standard InChI is InChI=1S/C8H10F2N4O2/c1-3-2-4(5(9)10)14-8(11-3)12-6(13-14)7(15)16/h3-5H,2H2,1H3,(H,15,16)(H,11,12,13)/p-1/t3-,4+/m0/s1. The molecule has 0 saturated carbocycles. The predicted octanol–water partition coefficient (Wildman–Crippen LogP) is -0.348. The smallest absolute Gasteiger partial charge is 0.260 e. The normalized spacial score (nSPS) is 24.0. The Balaban J connectivity index is 2.41. The molecule has 1 aromatic rings. The van der Waals surface area contributed by atoms with E-state index < -0.39 is 24.3 Å². The fourth-order valence-electron chi connectivity index (χ4n) is 1.69. The Labute approximate surface area is 89.3 Å². The second-order valence-electron chi connectivity index (χ2n) is 3.67. The number of carboxylic acid groups (broad SMARTS) is 1. The minimum absolute atomic E-state index is 0.0447. The molecule has 1 aliphatic heterocycles. The van der Waals surface area contributed by atoms with Crippen LogP contribution in [-0.4, -0.2) is 33.2 Å². The highest BCUT2D eigenvalue weighted by molar-refractivity contribution is 5.81. The van der Waals surface area contributed by atoms with Crippen molar-refractivity contribution < 1.29 is 18.7 Å². The van der Waals surface area contributed by atoms with Crippen molar-refractivity contribution >= 4 is 11.9 Å². The van der Waals surface area contributed by atoms with E-state index in [4.69, 9.17) is 0 Å². The van der Waals surface area contributed by atoms with Gasteiger partial charge >= 0.3 is 0 Å². The predicted molar refractivity (Wildman–Crippen MR) is 47.1 cm³/mol. The van der Waals surface area contributed by atoms with E-state index in [0.29, 0.717) is 0 Å². The summed E-state index contributed by atoms with van der Waals surface area (Å²) in [7, 11) is 0. The van der Waals surface area contributed by atoms with Crippen molar-refractivity contribution in [1.29, 1.82) is 0 Å². The second kappa shape index (κ2) is 3.69. The molecule has 8 heteroatoms. The van der Waals surface area contributed by atoms with Crippen LogP contribution in [-0.2, 0) is 0 Å². The third kappa shape index (κ3) is 1.70. The molecule has 0 saturated heterocycles. The maximum Gasteiger partial charge on any atom is 0.260 e. The molecule has 2 heterocycles. The van der Waals surface area contributed by atoms with Crippen LogP contribution in [0.15, 0.2) is 0 Å². The van der Waals surface area contributed by atoms with E-state index in [1.807, 2.05) is 0 Å². The van der Waals surface area contributed by atoms with Crippen molar-refractivity contribution in [3.63, 3.8) is 0 Å². The number of aromatic nitrogens is 3. The number of alkyl halides is 2. The third-order valence-corrected chi connectivity index (χ3v) is 2.39. The molecule has 0 bridgehead atoms. The first-order valence-electron chi connectivity index (χ1n) is 4.71. The molecule has 2 atom stereocenters. The number of nitrogens with one attached hydrogen (secondary N) is 1. The summed E-state index contributed by atoms with van der Waals surface area (Å²) in [6.07, 6.45) is -2.44. The van der Waals surface area contributed by atoms with Crippen LogP contribution in [0.2, 0.25) is 0 Å². The van der Waals surface area contributed by atoms with Gasteiger partial charge in [0.15, 0.2) is 5.82 Å². The van der Waals surface area contributed by atoms with Crippen molar-refractivity contribution in [2.24, 2.45) is 0 Å². The molecular weight excluding hydrogens is 222 g/mol. The van der Waals surface area contributed by atoms with E-state index in [1.165, 1.54) is 0 Å². The lowest BCUT2D eigenvalue weighted by Gasteiger charge is -2.28. The molecule has 0 aromatic carbocycles. The zero-order chi connectivity index (χ0) is 11.9. The molecule has 2 rings (SSSR count). The van der Waals surface area contributed by atoms with Gasteiger partial charge in [-0.1, -0.05) is 0 Å². The SMILES string of the molecule is C[C@H]1C[C@H](C(F)F)n2nc(C(=O)[O-])nc2N1. The van der Waals surface area contributed by atoms with Gasteiger partial charge in [0.25, 0.3) is 6.43 Å². The van der Waals surface area contributed by atoms with Crippen molar-refractivity contribution in [1.82, 2.24) is 14.8 Å². The van der Waals surface area contributed by atoms with Crippen LogP contribution in [0.25, 0.3) is 0 Å². The van der Waals surface area contributed by atoms with Crippen LogP contribution in [0.4, 0.5) is 14.7 Å². The first-order valence-corrected chi connectivity index (χ1v) is 4.71. The minimum atomic E-state index is -2.61. The molecule has 1 N–H and O–H groups in total. The van der Waals surface area contributed by atoms with Gasteiger partial charge in [0.1, 0.15) is 12.0 Å². The molecule has 88 valence electrons. The van der Waals surface area contributed by atoms with Crippen LogP contribution in [0.1, 0.15) is 30.0 Å². The Morgan fingerprint density at radius 3 is 2.94 bits per heavy atom. The molecule has 16 heavy (non-hydrogen) atoms. The zero-order valence-electron chi connectivity index (χ0n) is 8.35. The van der Waals surface area contributed by atoms with Gasteiger partial charge in [-0.2, -0.15) is 4.98 Å². The van der Waals surface area contributed by atoms with Crippen LogP contribution < -0.4 is 10.4 Å². The number of hydrogen-bond acceptors (Lipinski definition) is 5. The number of anilines is 1. The molecule has 0 amide bonds. The first-order chi connectivity index (χ1) is 7.49. The van der Waals surface area contributed by atoms with Gasteiger partial charge in [-0.3, -0.25) is 0 Å². The molecule has 0 unspecified atom stereocenters. The highest BCUT2D eigenvalue weighted by atomic mass is 19.3. The summed E-state index contributed by atoms with van der Waals surface area (Å²) in [5, 5.41) is 16.8. The van der Waals surface area contributed by atoms with E-state index >= 15 is 0 Å². The number of fused-ring (bicyclic) bond motifs is 1. The van der Waals surface area contributed by atoms with E-state index in [9.17, 15) is 18.7 Å². The van der Waals surface area contributed by atoms with Gasteiger partial charge in [0, 0.05) is 6.04 Å². The molecule has 0 radical (unpaired) electrons. The fraction of sp³-hybridized carbons (Fsp3) is 0.625. The summed E-state index contributed by atoms with van der Waals surface area (Å²) >= 11 is 0. The Bertz CT molecular complexity index is 420. The monoisotopic (exact) mass is 231 g/mol. The topological polar surface area (TPSA) is 82.9 Å². The van der Waals surface area contributed by atoms with Gasteiger partial charge in [0.05, 0.1) is 0 Å². The zero-order valence-corrected chi connectivity index (χ0v) is 8.35. The number of halogens is 2. The van der Waals surface area contributed by atoms with E-state index in [1.54, 1.807) is 6.92 Å². The Kier molecular flexibility index (Phi) is 2.49. The number of aromatic carboxylic acids is 1. The lowest BCUT2D eigenvalue weighted by molar-refractivity contribution is -0.256. The Morgan fingerprint density at radius 1 is 1.69 bits per heavy atom. The first kappa shape index (κ1) is 10.8. The second-order valence-corrected chi connectivity index (χ2v) is 3.67. The van der Waals surface area contributed by atoms with Gasteiger partial charge in [-0.05, 0) is 13.3 Å². The molecule has 0 aliphatic carbocycles. The summed E-state index contributed by atoms with van der Waals surface area (Å²) in [5.41, 5.74) is 0. The number of carbonyl (C=O) groups excluding carboxylic acids is 1. The van der Waals surface area contributed by atoms with Crippen LogP contribution in [0.5, 0.6) is 0 Å². The summed E-state index contributed by atoms with van der Waals surface area (Å²) < 4.78 is 26.3. The Morgan fingerprint density at radius 2 is 2.38 bits per heavy atom. The quantitative estimate of drug-likeness (QED) is 0.752. The van der Waals surface area contributed by atoms with Crippen molar-refractivity contribution in [3.05, 3.63) is 5.82 Å². The molecule has 0 spiro atoms. The van der Waals surface area contributed by atoms with Gasteiger partial charge in [-0.25, -0.2) is 13.5 Å². The Hall–Kier alpha value is -1.73. The molecule has 1 aliphatic rings. The average Bonchev–Trinajstić information content (AvgIpc) is 2.59. The average molecular weight is 231 g/mol. The summed E-state index contributed by atoms with van der Waals surface area (Å²) in [6.45, 7) is 1.71. The lowest BCUT2D eigenvalue weighted by atomic mass is 10.1. The molecule has 0 fully saturated rings. The van der Waals surface area contributed by atoms with Crippen molar-refractivity contribution in [2.75, 3.05) is 5.32 Å². The largest absolute Gasteiger partial charge is 0.541 e. The molecular formula is C8H9F2N4O2-. The summed E-state index contributed by atoms with van der Waals surface area (Å²) in [5.74, 6) is -2.12. The highest BCUT2D eigenvalue weighted by Crippen LogP contribution is 2.29. The highest BCUT2D eigenvalue weighted by Gasteiger charge is 2.33. The number of rotatable bonds is 2. The number of hydrogen-bond donors (Lipinski definition) is 1. The van der Waals surface area contributed by atoms with Crippen LogP contribution >= 0.6 is 0 Å². The van der Waals surface area contributed by atoms with Crippen molar-refractivity contribution in [2.45, 2.75) is 31.9 Å². The third-order valence-electron chi connectivity index (χ3n) is 2.39. The fourth-order valence-corrected chi connectivity index (χ4v) is 1.69. The number of carboxylic acids is 1. The van der Waals surface area contributed by atoms with Gasteiger partial charge in [0.2, 0.25) is 5.95 Å². The lowest BCUT2D eigenvalue weighted by Crippen LogP contribution is -2.34. The molecule has 1 aromatic heterocycles. The van der Waals surface area contributed by atoms with E-state index in [2.05, 4.69) is 15.4 Å². The molecule has 6 nitrogen and oxygen atoms in total.